The summed E-state index contributed by atoms with van der Waals surface area (Å²) in [7, 11) is 0. The van der Waals surface area contributed by atoms with Gasteiger partial charge in [-0.3, -0.25) is 14.9 Å². The lowest BCUT2D eigenvalue weighted by molar-refractivity contribution is -0.418. The zero-order valence-corrected chi connectivity index (χ0v) is 6.74. The molecule has 0 aliphatic carbocycles. The van der Waals surface area contributed by atoms with Gasteiger partial charge in [-0.15, -0.1) is 0 Å². The molecule has 0 fully saturated rings. The van der Waals surface area contributed by atoms with Crippen LogP contribution in [0.4, 0.5) is 0 Å². The van der Waals surface area contributed by atoms with Gasteiger partial charge in [0.2, 0.25) is 0 Å². The maximum absolute atomic E-state index is 10.6. The summed E-state index contributed by atoms with van der Waals surface area (Å²) >= 11 is 0. The topological polar surface area (TPSA) is 60.2 Å². The summed E-state index contributed by atoms with van der Waals surface area (Å²) < 4.78 is 0. The molecule has 4 heteroatoms. The van der Waals surface area contributed by atoms with Crippen LogP contribution in [0.15, 0.2) is 36.6 Å². The SMILES string of the molecule is C=C(/C=C\C(=C)[N+](=O)[O-])C(C)=O. The first-order valence-corrected chi connectivity index (χ1v) is 3.16. The van der Waals surface area contributed by atoms with Gasteiger partial charge in [-0.25, -0.2) is 0 Å². The molecule has 0 saturated heterocycles. The van der Waals surface area contributed by atoms with Crippen LogP contribution in [-0.4, -0.2) is 10.7 Å². The van der Waals surface area contributed by atoms with Gasteiger partial charge in [0, 0.05) is 11.6 Å². The van der Waals surface area contributed by atoms with Crippen LogP contribution in [0, 0.1) is 10.1 Å². The first kappa shape index (κ1) is 10.3. The Morgan fingerprint density at radius 3 is 2.25 bits per heavy atom. The zero-order valence-electron chi connectivity index (χ0n) is 6.74. The van der Waals surface area contributed by atoms with Crippen LogP contribution in [0.2, 0.25) is 0 Å². The summed E-state index contributed by atoms with van der Waals surface area (Å²) in [6, 6.07) is 0. The summed E-state index contributed by atoms with van der Waals surface area (Å²) in [5.74, 6) is -0.220. The van der Waals surface area contributed by atoms with Crippen LogP contribution in [0.25, 0.3) is 0 Å². The highest BCUT2D eigenvalue weighted by atomic mass is 16.6. The van der Waals surface area contributed by atoms with Crippen molar-refractivity contribution < 1.29 is 9.72 Å². The van der Waals surface area contributed by atoms with Gasteiger partial charge in [-0.05, 0) is 19.6 Å². The van der Waals surface area contributed by atoms with E-state index in [2.05, 4.69) is 13.2 Å². The van der Waals surface area contributed by atoms with E-state index in [1.165, 1.54) is 13.0 Å². The molecule has 64 valence electrons. The van der Waals surface area contributed by atoms with E-state index in [1.54, 1.807) is 0 Å². The van der Waals surface area contributed by atoms with Crippen molar-refractivity contribution >= 4 is 5.78 Å². The molecular weight excluding hydrogens is 158 g/mol. The third-order valence-corrected chi connectivity index (χ3v) is 1.16. The highest BCUT2D eigenvalue weighted by molar-refractivity contribution is 5.95. The molecule has 0 aliphatic heterocycles. The quantitative estimate of drug-likeness (QED) is 0.276. The maximum atomic E-state index is 10.6. The smallest absolute Gasteiger partial charge is 0.262 e. The number of hydrogen-bond donors (Lipinski definition) is 0. The molecular formula is C8H9NO3. The summed E-state index contributed by atoms with van der Waals surface area (Å²) in [6.07, 6.45) is 2.41. The molecule has 0 spiro atoms. The molecule has 0 heterocycles. The summed E-state index contributed by atoms with van der Waals surface area (Å²) in [5, 5.41) is 10.0. The zero-order chi connectivity index (χ0) is 9.72. The summed E-state index contributed by atoms with van der Waals surface area (Å²) in [4.78, 5) is 20.0. The number of ketones is 1. The van der Waals surface area contributed by atoms with Gasteiger partial charge >= 0.3 is 0 Å². The van der Waals surface area contributed by atoms with Crippen molar-refractivity contribution in [3.63, 3.8) is 0 Å². The molecule has 0 aromatic rings. The van der Waals surface area contributed by atoms with E-state index < -0.39 is 4.92 Å². The lowest BCUT2D eigenvalue weighted by Crippen LogP contribution is -1.94. The number of carbonyl (C=O) groups is 1. The number of rotatable bonds is 4. The van der Waals surface area contributed by atoms with E-state index >= 15 is 0 Å². The molecule has 0 aromatic carbocycles. The van der Waals surface area contributed by atoms with E-state index in [9.17, 15) is 14.9 Å². The highest BCUT2D eigenvalue weighted by Gasteiger charge is 2.01. The highest BCUT2D eigenvalue weighted by Crippen LogP contribution is 1.99. The lowest BCUT2D eigenvalue weighted by Gasteiger charge is -1.89. The van der Waals surface area contributed by atoms with E-state index in [4.69, 9.17) is 0 Å². The summed E-state index contributed by atoms with van der Waals surface area (Å²) in [5.41, 5.74) is -0.0459. The van der Waals surface area contributed by atoms with Gasteiger partial charge < -0.3 is 0 Å². The van der Waals surface area contributed by atoms with E-state index in [0.29, 0.717) is 0 Å². The van der Waals surface area contributed by atoms with Crippen molar-refractivity contribution in [2.45, 2.75) is 6.92 Å². The van der Waals surface area contributed by atoms with Crippen LogP contribution in [0.5, 0.6) is 0 Å². The van der Waals surface area contributed by atoms with E-state index in [-0.39, 0.29) is 17.1 Å². The minimum Gasteiger partial charge on any atom is -0.295 e. The first-order valence-electron chi connectivity index (χ1n) is 3.16. The molecule has 0 radical (unpaired) electrons. The molecule has 0 amide bonds. The average Bonchev–Trinajstić information content (AvgIpc) is 1.98. The molecule has 4 nitrogen and oxygen atoms in total. The van der Waals surface area contributed by atoms with Crippen LogP contribution in [0.3, 0.4) is 0 Å². The molecule has 0 aromatic heterocycles. The Labute approximate surface area is 70.0 Å². The normalized spacial score (nSPS) is 9.75. The number of Topliss-reactive ketones (excluding diaryl/α,β-unsaturated/α-hetero) is 1. The van der Waals surface area contributed by atoms with Gasteiger partial charge in [-0.1, -0.05) is 6.58 Å². The van der Waals surface area contributed by atoms with Crippen molar-refractivity contribution in [2.75, 3.05) is 0 Å². The fourth-order valence-electron chi connectivity index (χ4n) is 0.375. The predicted octanol–water partition coefficient (Wildman–Crippen LogP) is 1.48. The Kier molecular flexibility index (Phi) is 3.62. The van der Waals surface area contributed by atoms with Gasteiger partial charge in [0.05, 0.1) is 4.92 Å². The fraction of sp³-hybridized carbons (Fsp3) is 0.125. The molecule has 12 heavy (non-hydrogen) atoms. The third-order valence-electron chi connectivity index (χ3n) is 1.16. The Morgan fingerprint density at radius 2 is 1.92 bits per heavy atom. The number of hydrogen-bond acceptors (Lipinski definition) is 3. The number of nitrogens with zero attached hydrogens (tertiary/aromatic N) is 1. The van der Waals surface area contributed by atoms with Crippen LogP contribution >= 0.6 is 0 Å². The van der Waals surface area contributed by atoms with Crippen LogP contribution < -0.4 is 0 Å². The molecule has 0 bridgehead atoms. The second-order valence-electron chi connectivity index (χ2n) is 2.16. The van der Waals surface area contributed by atoms with Gasteiger partial charge in [-0.2, -0.15) is 0 Å². The molecule has 0 atom stereocenters. The van der Waals surface area contributed by atoms with Crippen molar-refractivity contribution in [3.8, 4) is 0 Å². The first-order chi connectivity index (χ1) is 5.45. The van der Waals surface area contributed by atoms with Crippen molar-refractivity contribution in [1.29, 1.82) is 0 Å². The molecule has 0 rings (SSSR count). The largest absolute Gasteiger partial charge is 0.295 e. The molecule has 0 unspecified atom stereocenters. The summed E-state index contributed by atoms with van der Waals surface area (Å²) in [6.45, 7) is 7.87. The maximum Gasteiger partial charge on any atom is 0.262 e. The number of nitro groups is 1. The third kappa shape index (κ3) is 3.46. The molecule has 0 saturated carbocycles. The van der Waals surface area contributed by atoms with Crippen LogP contribution in [-0.2, 0) is 4.79 Å². The van der Waals surface area contributed by atoms with Crippen molar-refractivity contribution in [2.24, 2.45) is 0 Å². The van der Waals surface area contributed by atoms with Gasteiger partial charge in [0.25, 0.3) is 5.70 Å². The van der Waals surface area contributed by atoms with E-state index in [0.717, 1.165) is 6.08 Å². The van der Waals surface area contributed by atoms with Crippen LogP contribution in [0.1, 0.15) is 6.92 Å². The van der Waals surface area contributed by atoms with Crippen molar-refractivity contribution in [1.82, 2.24) is 0 Å². The minimum absolute atomic E-state index is 0.220. The molecule has 0 N–H and O–H groups in total. The Hall–Kier alpha value is -1.71. The average molecular weight is 167 g/mol. The second kappa shape index (κ2) is 4.23. The minimum atomic E-state index is -0.635. The number of allylic oxidation sites excluding steroid dienone is 3. The fourth-order valence-corrected chi connectivity index (χ4v) is 0.375. The number of carbonyl (C=O) groups excluding carboxylic acids is 1. The monoisotopic (exact) mass is 167 g/mol. The second-order valence-corrected chi connectivity index (χ2v) is 2.16. The lowest BCUT2D eigenvalue weighted by atomic mass is 10.2. The van der Waals surface area contributed by atoms with Gasteiger partial charge in [0.15, 0.2) is 5.78 Å². The Balaban J connectivity index is 4.26. The predicted molar refractivity (Wildman–Crippen MR) is 45.1 cm³/mol. The van der Waals surface area contributed by atoms with Gasteiger partial charge in [0.1, 0.15) is 0 Å². The standard InChI is InChI=1S/C8H9NO3/c1-6(8(3)10)4-5-7(2)9(11)12/h4-5H,1-2H2,3H3/b5-4-. The Bertz CT molecular complexity index is 248. The Morgan fingerprint density at radius 1 is 1.42 bits per heavy atom. The molecule has 0 aliphatic rings. The van der Waals surface area contributed by atoms with Crippen molar-refractivity contribution in [3.05, 3.63) is 46.7 Å². The van der Waals surface area contributed by atoms with E-state index in [1.807, 2.05) is 0 Å².